The summed E-state index contributed by atoms with van der Waals surface area (Å²) in [5.41, 5.74) is -1.68. The lowest BCUT2D eigenvalue weighted by molar-refractivity contribution is -0.264. The highest BCUT2D eigenvalue weighted by Crippen LogP contribution is 2.67. The van der Waals surface area contributed by atoms with Crippen LogP contribution in [-0.4, -0.2) is 92.1 Å². The SMILES string of the molecule is CC(C)[C@H](C)[C@@H](O)[C@H](O)[C@@H](C)[C@H]1CC(=O)[C@@H]2C3C(CC[C@@]21C)[C@@]1(C)C[C@H](OS(=O)(=O)O)[C@@H](O)[C@@H](O)C1[C@@H](O)[C@@H]3O. The van der Waals surface area contributed by atoms with Crippen molar-refractivity contribution in [1.29, 1.82) is 0 Å². The topological polar surface area (TPSA) is 202 Å². The molecule has 0 saturated heterocycles. The average Bonchev–Trinajstić information content (AvgIpc) is 3.12. The lowest BCUT2D eigenvalue weighted by Gasteiger charge is -2.64. The molecule has 4 rings (SSSR count). The third kappa shape index (κ3) is 4.98. The van der Waals surface area contributed by atoms with Gasteiger partial charge in [-0.15, -0.1) is 0 Å². The average molecular weight is 593 g/mol. The Morgan fingerprint density at radius 3 is 2.02 bits per heavy atom. The van der Waals surface area contributed by atoms with Crippen molar-refractivity contribution in [3.8, 4) is 0 Å². The number of carbonyl (C=O) groups is 1. The van der Waals surface area contributed by atoms with E-state index in [0.717, 1.165) is 0 Å². The van der Waals surface area contributed by atoms with Crippen LogP contribution in [0.2, 0.25) is 0 Å². The normalized spacial score (nSPS) is 48.6. The molecule has 0 aliphatic heterocycles. The number of Topliss-reactive ketones (excluding diaryl/α,β-unsaturated/α-hetero) is 1. The van der Waals surface area contributed by atoms with Gasteiger partial charge >= 0.3 is 10.4 Å². The number of hydrogen-bond donors (Lipinski definition) is 7. The molecule has 0 aromatic rings. The van der Waals surface area contributed by atoms with Gasteiger partial charge in [-0.1, -0.05) is 41.5 Å². The number of rotatable bonds is 7. The molecule has 0 heterocycles. The maximum absolute atomic E-state index is 13.7. The fourth-order valence-electron chi connectivity index (χ4n) is 9.50. The molecule has 16 atom stereocenters. The molecule has 40 heavy (non-hydrogen) atoms. The van der Waals surface area contributed by atoms with E-state index in [1.807, 2.05) is 34.6 Å². The van der Waals surface area contributed by atoms with E-state index in [-0.39, 0.29) is 36.4 Å². The van der Waals surface area contributed by atoms with Crippen LogP contribution in [0.1, 0.15) is 67.2 Å². The van der Waals surface area contributed by atoms with Crippen LogP contribution in [0.15, 0.2) is 0 Å². The van der Waals surface area contributed by atoms with Crippen molar-refractivity contribution in [2.24, 2.45) is 58.2 Å². The predicted molar refractivity (Wildman–Crippen MR) is 143 cm³/mol. The molecule has 4 aliphatic rings. The monoisotopic (exact) mass is 592 g/mol. The van der Waals surface area contributed by atoms with Crippen LogP contribution in [0.5, 0.6) is 0 Å². The van der Waals surface area contributed by atoms with Gasteiger partial charge in [0.15, 0.2) is 0 Å². The van der Waals surface area contributed by atoms with Crippen LogP contribution < -0.4 is 0 Å². The Morgan fingerprint density at radius 2 is 1.48 bits per heavy atom. The first-order valence-electron chi connectivity index (χ1n) is 14.5. The minimum absolute atomic E-state index is 0.0944. The second-order valence-corrected chi connectivity index (χ2v) is 15.2. The largest absolute Gasteiger partial charge is 0.397 e. The molecule has 7 N–H and O–H groups in total. The number of aliphatic hydroxyl groups is 6. The fourth-order valence-corrected chi connectivity index (χ4v) is 9.99. The lowest BCUT2D eigenvalue weighted by atomic mass is 9.42. The minimum Gasteiger partial charge on any atom is -0.390 e. The van der Waals surface area contributed by atoms with Gasteiger partial charge in [-0.2, -0.15) is 8.42 Å². The quantitative estimate of drug-likeness (QED) is 0.203. The molecule has 232 valence electrons. The Balaban J connectivity index is 1.68. The summed E-state index contributed by atoms with van der Waals surface area (Å²) < 4.78 is 37.0. The predicted octanol–water partition coefficient (Wildman–Crippen LogP) is 0.546. The van der Waals surface area contributed by atoms with Gasteiger partial charge in [0.2, 0.25) is 0 Å². The highest BCUT2D eigenvalue weighted by Gasteiger charge is 2.70. The Morgan fingerprint density at radius 1 is 0.900 bits per heavy atom. The molecule has 4 aliphatic carbocycles. The van der Waals surface area contributed by atoms with Gasteiger partial charge < -0.3 is 30.6 Å². The van der Waals surface area contributed by atoms with E-state index in [0.29, 0.717) is 12.8 Å². The Kier molecular flexibility index (Phi) is 8.68. The van der Waals surface area contributed by atoms with Crippen LogP contribution in [0, 0.1) is 58.2 Å². The molecular weight excluding hydrogens is 544 g/mol. The van der Waals surface area contributed by atoms with E-state index in [4.69, 9.17) is 4.18 Å². The summed E-state index contributed by atoms with van der Waals surface area (Å²) in [6.07, 6.45) is -8.72. The van der Waals surface area contributed by atoms with Gasteiger partial charge in [0.05, 0.1) is 30.5 Å². The molecule has 4 fully saturated rings. The highest BCUT2D eigenvalue weighted by atomic mass is 32.3. The Labute approximate surface area is 236 Å². The maximum atomic E-state index is 13.7. The van der Waals surface area contributed by atoms with Crippen molar-refractivity contribution in [2.75, 3.05) is 0 Å². The van der Waals surface area contributed by atoms with Crippen LogP contribution >= 0.6 is 0 Å². The molecule has 12 heteroatoms. The minimum atomic E-state index is -4.96. The first-order valence-corrected chi connectivity index (χ1v) is 15.9. The summed E-state index contributed by atoms with van der Waals surface area (Å²) in [5.74, 6) is -3.65. The van der Waals surface area contributed by atoms with Gasteiger partial charge in [0.1, 0.15) is 18.0 Å². The van der Waals surface area contributed by atoms with Crippen molar-refractivity contribution in [3.63, 3.8) is 0 Å². The summed E-state index contributed by atoms with van der Waals surface area (Å²) in [4.78, 5) is 13.7. The number of fused-ring (bicyclic) bond motifs is 5. The number of aliphatic hydroxyl groups excluding tert-OH is 6. The molecule has 11 nitrogen and oxygen atoms in total. The third-order valence-electron chi connectivity index (χ3n) is 12.0. The second-order valence-electron chi connectivity index (χ2n) is 14.2. The molecule has 0 aromatic heterocycles. The summed E-state index contributed by atoms with van der Waals surface area (Å²) in [5, 5.41) is 66.4. The summed E-state index contributed by atoms with van der Waals surface area (Å²) in [6.45, 7) is 11.4. The smallest absolute Gasteiger partial charge is 0.390 e. The molecule has 4 saturated carbocycles. The van der Waals surface area contributed by atoms with Crippen LogP contribution in [-0.2, 0) is 19.4 Å². The maximum Gasteiger partial charge on any atom is 0.397 e. The highest BCUT2D eigenvalue weighted by molar-refractivity contribution is 7.80. The van der Waals surface area contributed by atoms with Crippen molar-refractivity contribution >= 4 is 16.2 Å². The van der Waals surface area contributed by atoms with E-state index < -0.39 is 93.5 Å². The molecular formula is C28H48O11S. The third-order valence-corrected chi connectivity index (χ3v) is 12.5. The van der Waals surface area contributed by atoms with E-state index in [1.54, 1.807) is 6.92 Å². The standard InChI is InChI=1S/C28H48O11S/c1-11(2)12(3)21(30)22(31)13(4)15-9-16(29)19-18-14(7-8-27(15,19)5)28(6)10-17(39-40(36,37)38)23(32)25(34)20(28)26(35)24(18)33/h11-15,17-26,30-35H,7-10H2,1-6H3,(H,36,37,38)/t12-,13-,14?,15+,17-,18?,19+,20?,21+,22+,23+,24+,25-,26+,27+,28+/m0/s1. The van der Waals surface area contributed by atoms with Gasteiger partial charge in [-0.05, 0) is 59.7 Å². The first kappa shape index (κ1) is 32.2. The van der Waals surface area contributed by atoms with Crippen LogP contribution in [0.25, 0.3) is 0 Å². The van der Waals surface area contributed by atoms with E-state index in [9.17, 15) is 48.4 Å². The molecule has 0 bridgehead atoms. The van der Waals surface area contributed by atoms with Crippen LogP contribution in [0.3, 0.4) is 0 Å². The number of ketones is 1. The number of carbonyl (C=O) groups excluding carboxylic acids is 1. The lowest BCUT2D eigenvalue weighted by Crippen LogP contribution is -2.70. The second kappa shape index (κ2) is 10.8. The molecule has 0 spiro atoms. The number of hydrogen-bond acceptors (Lipinski definition) is 10. The van der Waals surface area contributed by atoms with Gasteiger partial charge in [0, 0.05) is 24.2 Å². The van der Waals surface area contributed by atoms with E-state index >= 15 is 0 Å². The summed E-state index contributed by atoms with van der Waals surface area (Å²) >= 11 is 0. The molecule has 0 aromatic carbocycles. The van der Waals surface area contributed by atoms with E-state index in [2.05, 4.69) is 0 Å². The zero-order chi connectivity index (χ0) is 30.3. The van der Waals surface area contributed by atoms with Gasteiger partial charge in [0.25, 0.3) is 0 Å². The fraction of sp³-hybridized carbons (Fsp3) is 0.964. The van der Waals surface area contributed by atoms with Gasteiger partial charge in [-0.3, -0.25) is 9.35 Å². The van der Waals surface area contributed by atoms with E-state index in [1.165, 1.54) is 0 Å². The Hall–Kier alpha value is -0.700. The summed E-state index contributed by atoms with van der Waals surface area (Å²) in [6, 6.07) is 0. The van der Waals surface area contributed by atoms with Crippen molar-refractivity contribution in [2.45, 2.75) is 110 Å². The molecule has 0 amide bonds. The zero-order valence-corrected chi connectivity index (χ0v) is 25.0. The molecule has 3 unspecified atom stereocenters. The molecule has 0 radical (unpaired) electrons. The van der Waals surface area contributed by atoms with Crippen LogP contribution in [0.4, 0.5) is 0 Å². The van der Waals surface area contributed by atoms with Crippen molar-refractivity contribution in [1.82, 2.24) is 0 Å². The summed E-state index contributed by atoms with van der Waals surface area (Å²) in [7, 11) is -4.96. The Bertz CT molecular complexity index is 1070. The first-order chi connectivity index (χ1) is 18.3. The van der Waals surface area contributed by atoms with Crippen molar-refractivity contribution < 1.29 is 52.6 Å². The zero-order valence-electron chi connectivity index (χ0n) is 24.2. The van der Waals surface area contributed by atoms with Crippen molar-refractivity contribution in [3.05, 3.63) is 0 Å². The van der Waals surface area contributed by atoms with Gasteiger partial charge in [-0.25, -0.2) is 4.18 Å².